The number of aromatic nitrogens is 1. The minimum Gasteiger partial charge on any atom is -0.383 e. The van der Waals surface area contributed by atoms with Gasteiger partial charge in [0, 0.05) is 18.3 Å². The molecule has 0 saturated carbocycles. The van der Waals surface area contributed by atoms with Gasteiger partial charge in [-0.25, -0.2) is 10.8 Å². The molecule has 30 heavy (non-hydrogen) atoms. The van der Waals surface area contributed by atoms with E-state index in [0.717, 1.165) is 17.7 Å². The van der Waals surface area contributed by atoms with Gasteiger partial charge in [0.1, 0.15) is 5.82 Å². The molecule has 0 atom stereocenters. The number of nitrogens with zero attached hydrogens (tertiary/aromatic N) is 4. The number of allylic oxidation sites excluding steroid dienone is 5. The maximum absolute atomic E-state index is 6.37. The van der Waals surface area contributed by atoms with E-state index in [2.05, 4.69) is 27.1 Å². The van der Waals surface area contributed by atoms with Crippen molar-refractivity contribution >= 4 is 23.3 Å². The molecule has 0 fully saturated rings. The van der Waals surface area contributed by atoms with Crippen molar-refractivity contribution in [1.29, 1.82) is 0 Å². The number of hydrazine groups is 1. The van der Waals surface area contributed by atoms with Crippen LogP contribution in [0.4, 0.5) is 5.82 Å². The molecular formula is C22H26ClN7. The summed E-state index contributed by atoms with van der Waals surface area (Å²) in [6.45, 7) is 0.871. The molecule has 7 nitrogen and oxygen atoms in total. The lowest BCUT2D eigenvalue weighted by molar-refractivity contribution is 0.402. The van der Waals surface area contributed by atoms with Crippen LogP contribution in [0.25, 0.3) is 11.1 Å². The summed E-state index contributed by atoms with van der Waals surface area (Å²) in [4.78, 5) is 6.45. The molecular weight excluding hydrogens is 398 g/mol. The fraction of sp³-hybridized carbons (Fsp3) is 0.182. The molecule has 0 radical (unpaired) electrons. The van der Waals surface area contributed by atoms with Crippen molar-refractivity contribution in [2.45, 2.75) is 13.0 Å². The molecule has 6 N–H and O–H groups in total. The SMILES string of the molecule is CN(C)Cc1ccc(-c2cnc(N)c(/C(=N/N)N(N)C3=CC=CCC=C3Cl)c2)cc1. The van der Waals surface area contributed by atoms with Gasteiger partial charge >= 0.3 is 0 Å². The second kappa shape index (κ2) is 9.58. The highest BCUT2D eigenvalue weighted by Gasteiger charge is 2.20. The first-order valence-corrected chi connectivity index (χ1v) is 9.84. The van der Waals surface area contributed by atoms with E-state index < -0.39 is 0 Å². The zero-order chi connectivity index (χ0) is 21.7. The summed E-state index contributed by atoms with van der Waals surface area (Å²) >= 11 is 6.37. The second-order valence-electron chi connectivity index (χ2n) is 7.18. The number of pyridine rings is 1. The summed E-state index contributed by atoms with van der Waals surface area (Å²) in [5.74, 6) is 12.6. The van der Waals surface area contributed by atoms with Gasteiger partial charge in [-0.15, -0.1) is 0 Å². The zero-order valence-corrected chi connectivity index (χ0v) is 17.8. The summed E-state index contributed by atoms with van der Waals surface area (Å²) in [5, 5.41) is 5.71. The van der Waals surface area contributed by atoms with E-state index in [1.165, 1.54) is 10.6 Å². The molecule has 1 aromatic carbocycles. The molecule has 1 aliphatic carbocycles. The standard InChI is InChI=1S/C22H26ClN7/c1-29(2)14-15-8-10-16(11-9-15)17-12-18(21(24)27-13-17)22(28-25)30(26)20-7-5-3-4-6-19(20)23/h3,5-13H,4,14,25-26H2,1-2H3,(H2,24,27)/b28-22-. The molecule has 2 aromatic rings. The lowest BCUT2D eigenvalue weighted by atomic mass is 10.0. The first-order chi connectivity index (χ1) is 14.4. The molecule has 3 rings (SSSR count). The Morgan fingerprint density at radius 1 is 1.20 bits per heavy atom. The van der Waals surface area contributed by atoms with Crippen molar-refractivity contribution in [3.63, 3.8) is 0 Å². The van der Waals surface area contributed by atoms with Gasteiger partial charge in [0.15, 0.2) is 5.84 Å². The molecule has 0 spiro atoms. The summed E-state index contributed by atoms with van der Waals surface area (Å²) < 4.78 is 0. The zero-order valence-electron chi connectivity index (χ0n) is 17.1. The number of hydrogen-bond donors (Lipinski definition) is 3. The molecule has 0 aliphatic heterocycles. The van der Waals surface area contributed by atoms with Crippen molar-refractivity contribution in [2.24, 2.45) is 16.8 Å². The van der Waals surface area contributed by atoms with Gasteiger partial charge in [-0.05, 0) is 43.8 Å². The van der Waals surface area contributed by atoms with E-state index in [0.29, 0.717) is 22.7 Å². The number of amidine groups is 1. The maximum Gasteiger partial charge on any atom is 0.177 e. The van der Waals surface area contributed by atoms with E-state index in [1.54, 1.807) is 12.3 Å². The van der Waals surface area contributed by atoms with E-state index in [4.69, 9.17) is 29.0 Å². The highest BCUT2D eigenvalue weighted by Crippen LogP contribution is 2.26. The van der Waals surface area contributed by atoms with Crippen molar-refractivity contribution in [1.82, 2.24) is 14.9 Å². The Labute approximate surface area is 181 Å². The van der Waals surface area contributed by atoms with Crippen LogP contribution in [-0.2, 0) is 6.54 Å². The number of nitrogens with two attached hydrogens (primary N) is 3. The normalized spacial score (nSPS) is 14.4. The van der Waals surface area contributed by atoms with E-state index >= 15 is 0 Å². The second-order valence-corrected chi connectivity index (χ2v) is 7.59. The minimum absolute atomic E-state index is 0.263. The van der Waals surface area contributed by atoms with Crippen molar-refractivity contribution in [3.05, 3.63) is 82.7 Å². The minimum atomic E-state index is 0.263. The first-order valence-electron chi connectivity index (χ1n) is 9.46. The predicted octanol–water partition coefficient (Wildman–Crippen LogP) is 3.15. The molecule has 0 amide bonds. The molecule has 156 valence electrons. The monoisotopic (exact) mass is 423 g/mol. The third-order valence-electron chi connectivity index (χ3n) is 4.62. The van der Waals surface area contributed by atoms with Crippen LogP contribution < -0.4 is 17.4 Å². The Hall–Kier alpha value is -3.13. The van der Waals surface area contributed by atoms with Gasteiger partial charge in [-0.3, -0.25) is 5.01 Å². The lowest BCUT2D eigenvalue weighted by Gasteiger charge is -2.23. The van der Waals surface area contributed by atoms with Crippen LogP contribution in [0.15, 0.2) is 76.7 Å². The van der Waals surface area contributed by atoms with Crippen LogP contribution in [0.3, 0.4) is 0 Å². The summed E-state index contributed by atoms with van der Waals surface area (Å²) in [7, 11) is 4.08. The quantitative estimate of drug-likeness (QED) is 0.295. The van der Waals surface area contributed by atoms with Gasteiger partial charge < -0.3 is 16.5 Å². The topological polar surface area (TPSA) is 110 Å². The van der Waals surface area contributed by atoms with Crippen LogP contribution >= 0.6 is 11.6 Å². The van der Waals surface area contributed by atoms with Gasteiger partial charge in [0.2, 0.25) is 0 Å². The van der Waals surface area contributed by atoms with Crippen LogP contribution in [0.5, 0.6) is 0 Å². The molecule has 0 bridgehead atoms. The fourth-order valence-corrected chi connectivity index (χ4v) is 3.39. The molecule has 1 aliphatic rings. The van der Waals surface area contributed by atoms with Crippen LogP contribution in [0, 0.1) is 0 Å². The van der Waals surface area contributed by atoms with E-state index in [-0.39, 0.29) is 11.7 Å². The third kappa shape index (κ3) is 4.88. The number of nitrogen functional groups attached to an aromatic ring is 1. The Kier molecular flexibility index (Phi) is 6.89. The predicted molar refractivity (Wildman–Crippen MR) is 124 cm³/mol. The number of benzene rings is 1. The number of hydrazone groups is 1. The fourth-order valence-electron chi connectivity index (χ4n) is 3.14. The van der Waals surface area contributed by atoms with E-state index in [1.807, 2.05) is 50.5 Å². The van der Waals surface area contributed by atoms with Gasteiger partial charge in [-0.2, -0.15) is 5.10 Å². The van der Waals surface area contributed by atoms with Crippen molar-refractivity contribution in [3.8, 4) is 11.1 Å². The Balaban J connectivity index is 1.95. The van der Waals surface area contributed by atoms with E-state index in [9.17, 15) is 0 Å². The van der Waals surface area contributed by atoms with Gasteiger partial charge in [0.05, 0.1) is 16.3 Å². The molecule has 0 saturated heterocycles. The largest absolute Gasteiger partial charge is 0.383 e. The van der Waals surface area contributed by atoms with Crippen LogP contribution in [0.2, 0.25) is 0 Å². The molecule has 1 heterocycles. The van der Waals surface area contributed by atoms with Crippen LogP contribution in [-0.4, -0.2) is 34.8 Å². The average molecular weight is 424 g/mol. The smallest absolute Gasteiger partial charge is 0.177 e. The number of rotatable bonds is 5. The first kappa shape index (κ1) is 21.6. The Bertz CT molecular complexity index is 1020. The van der Waals surface area contributed by atoms with Crippen molar-refractivity contribution < 1.29 is 0 Å². The highest BCUT2D eigenvalue weighted by atomic mass is 35.5. The molecule has 1 aromatic heterocycles. The number of anilines is 1. The summed E-state index contributed by atoms with van der Waals surface area (Å²) in [5.41, 5.74) is 10.3. The van der Waals surface area contributed by atoms with Crippen molar-refractivity contribution in [2.75, 3.05) is 19.8 Å². The summed E-state index contributed by atoms with van der Waals surface area (Å²) in [6.07, 6.45) is 9.94. The third-order valence-corrected chi connectivity index (χ3v) is 4.97. The maximum atomic E-state index is 6.37. The molecule has 0 unspecified atom stereocenters. The lowest BCUT2D eigenvalue weighted by Crippen LogP contribution is -2.38. The molecule has 8 heteroatoms. The van der Waals surface area contributed by atoms with Gasteiger partial charge in [-0.1, -0.05) is 54.1 Å². The highest BCUT2D eigenvalue weighted by molar-refractivity contribution is 6.32. The summed E-state index contributed by atoms with van der Waals surface area (Å²) in [6, 6.07) is 10.2. The Morgan fingerprint density at radius 2 is 1.93 bits per heavy atom. The van der Waals surface area contributed by atoms with Crippen LogP contribution in [0.1, 0.15) is 17.5 Å². The van der Waals surface area contributed by atoms with Gasteiger partial charge in [0.25, 0.3) is 0 Å². The average Bonchev–Trinajstić information content (AvgIpc) is 2.94. The number of halogens is 1. The Morgan fingerprint density at radius 3 is 2.60 bits per heavy atom. The number of hydrogen-bond acceptors (Lipinski definition) is 6.